The summed E-state index contributed by atoms with van der Waals surface area (Å²) in [4.78, 5) is 37.7. The van der Waals surface area contributed by atoms with Crippen LogP contribution in [-0.4, -0.2) is 74.3 Å². The van der Waals surface area contributed by atoms with E-state index in [0.717, 1.165) is 103 Å². The van der Waals surface area contributed by atoms with Gasteiger partial charge in [0.2, 0.25) is 5.91 Å². The van der Waals surface area contributed by atoms with Crippen molar-refractivity contribution in [3.63, 3.8) is 0 Å². The van der Waals surface area contributed by atoms with Gasteiger partial charge in [0, 0.05) is 12.8 Å². The lowest BCUT2D eigenvalue weighted by Gasteiger charge is -2.27. The Morgan fingerprint density at radius 2 is 0.842 bits per heavy atom. The van der Waals surface area contributed by atoms with Gasteiger partial charge in [-0.05, 0) is 109 Å². The number of nitrogens with one attached hydrogen (secondary N) is 1. The number of likely N-dealkylation sites (N-methyl/N-ethyl adjacent to an activating group) is 1. The number of nitrogens with zero attached hydrogens (tertiary/aromatic N) is 1. The van der Waals surface area contributed by atoms with Crippen LogP contribution in [-0.2, 0) is 27.9 Å². The van der Waals surface area contributed by atoms with Gasteiger partial charge in [-0.3, -0.25) is 18.6 Å². The normalized spacial score (nSPS) is 14.4. The van der Waals surface area contributed by atoms with E-state index in [1.165, 1.54) is 116 Å². The predicted molar refractivity (Wildman–Crippen MR) is 327 cm³/mol. The van der Waals surface area contributed by atoms with Crippen LogP contribution in [0, 0.1) is 0 Å². The number of quaternary nitrogens is 1. The molecule has 0 aliphatic carbocycles. The molecular weight excluding hydrogens is 964 g/mol. The van der Waals surface area contributed by atoms with E-state index in [-0.39, 0.29) is 37.9 Å². The molecule has 9 nitrogen and oxygen atoms in total. The summed E-state index contributed by atoms with van der Waals surface area (Å²) in [7, 11) is 1.46. The summed E-state index contributed by atoms with van der Waals surface area (Å²) in [6, 6.07) is -0.871. The highest BCUT2D eigenvalue weighted by Crippen LogP contribution is 2.43. The number of rotatable bonds is 55. The molecule has 0 saturated carbocycles. The van der Waals surface area contributed by atoms with E-state index in [9.17, 15) is 19.0 Å². The SMILES string of the molecule is CC/C=C/C/C=C/C/C=C/C/C=C/CCCCCC(=O)NC(COP(=O)(O)OCC[N+](C)(C)C)C(/C=C\CCCCCCCCCCC)OC(=O)CCCCCCCCCCCC/C=C\C/C=C\C/C=C\CCCCC. The van der Waals surface area contributed by atoms with Crippen molar-refractivity contribution in [3.05, 3.63) is 97.2 Å². The Labute approximate surface area is 468 Å². The van der Waals surface area contributed by atoms with Gasteiger partial charge in [-0.25, -0.2) is 4.57 Å². The van der Waals surface area contributed by atoms with Crippen molar-refractivity contribution in [2.75, 3.05) is 40.9 Å². The number of carbonyl (C=O) groups is 2. The maximum Gasteiger partial charge on any atom is 0.472 e. The first-order chi connectivity index (χ1) is 36.9. The first kappa shape index (κ1) is 72.9. The molecule has 0 aliphatic heterocycles. The quantitative estimate of drug-likeness (QED) is 0.0205. The zero-order chi connectivity index (χ0) is 55.7. The lowest BCUT2D eigenvalue weighted by atomic mass is 10.0. The predicted octanol–water partition coefficient (Wildman–Crippen LogP) is 19.2. The highest BCUT2D eigenvalue weighted by atomic mass is 31.2. The molecule has 0 aromatic heterocycles. The highest BCUT2D eigenvalue weighted by molar-refractivity contribution is 7.47. The number of hydrogen-bond acceptors (Lipinski definition) is 6. The van der Waals surface area contributed by atoms with Gasteiger partial charge in [0.25, 0.3) is 0 Å². The van der Waals surface area contributed by atoms with Crippen molar-refractivity contribution in [2.45, 2.75) is 270 Å². The Hall–Kier alpha value is -3.07. The van der Waals surface area contributed by atoms with E-state index in [2.05, 4.69) is 111 Å². The molecule has 76 heavy (non-hydrogen) atoms. The third kappa shape index (κ3) is 55.7. The molecule has 0 bridgehead atoms. The topological polar surface area (TPSA) is 111 Å². The summed E-state index contributed by atoms with van der Waals surface area (Å²) >= 11 is 0. The van der Waals surface area contributed by atoms with Gasteiger partial charge < -0.3 is 19.4 Å². The molecular formula is C66H118N2O7P+. The van der Waals surface area contributed by atoms with Gasteiger partial charge in [-0.15, -0.1) is 0 Å². The van der Waals surface area contributed by atoms with E-state index in [0.29, 0.717) is 17.4 Å². The number of ether oxygens (including phenoxy) is 1. The summed E-state index contributed by atoms with van der Waals surface area (Å²) in [5.41, 5.74) is 0. The molecule has 438 valence electrons. The molecule has 0 aromatic rings. The van der Waals surface area contributed by atoms with Crippen LogP contribution in [0.4, 0.5) is 0 Å². The third-order valence-corrected chi connectivity index (χ3v) is 14.2. The van der Waals surface area contributed by atoms with Crippen LogP contribution in [0.3, 0.4) is 0 Å². The summed E-state index contributed by atoms with van der Waals surface area (Å²) < 4.78 is 30.6. The van der Waals surface area contributed by atoms with E-state index in [1.807, 2.05) is 33.3 Å². The average molecular weight is 1080 g/mol. The van der Waals surface area contributed by atoms with Crippen molar-refractivity contribution in [3.8, 4) is 0 Å². The molecule has 2 N–H and O–H groups in total. The Balaban J connectivity index is 5.22. The van der Waals surface area contributed by atoms with E-state index in [4.69, 9.17) is 13.8 Å². The fraction of sp³-hybridized carbons (Fsp3) is 0.727. The maximum atomic E-state index is 13.5. The Bertz CT molecular complexity index is 1620. The maximum absolute atomic E-state index is 13.5. The first-order valence-electron chi connectivity index (χ1n) is 31.1. The van der Waals surface area contributed by atoms with Crippen LogP contribution in [0.5, 0.6) is 0 Å². The van der Waals surface area contributed by atoms with E-state index < -0.39 is 20.0 Å². The number of allylic oxidation sites excluding steroid dienone is 15. The summed E-state index contributed by atoms with van der Waals surface area (Å²) in [5.74, 6) is -0.550. The lowest BCUT2D eigenvalue weighted by molar-refractivity contribution is -0.870. The minimum atomic E-state index is -4.46. The van der Waals surface area contributed by atoms with Gasteiger partial charge >= 0.3 is 13.8 Å². The van der Waals surface area contributed by atoms with Crippen LogP contribution in [0.25, 0.3) is 0 Å². The summed E-state index contributed by atoms with van der Waals surface area (Å²) in [6.45, 7) is 6.83. The number of carbonyl (C=O) groups excluding carboxylic acids is 2. The fourth-order valence-electron chi connectivity index (χ4n) is 8.47. The molecule has 0 radical (unpaired) electrons. The molecule has 0 rings (SSSR count). The van der Waals surface area contributed by atoms with Crippen LogP contribution >= 0.6 is 7.82 Å². The molecule has 1 amide bonds. The molecule has 10 heteroatoms. The molecule has 0 aliphatic rings. The Morgan fingerprint density at radius 3 is 1.30 bits per heavy atom. The van der Waals surface area contributed by atoms with E-state index >= 15 is 0 Å². The van der Waals surface area contributed by atoms with Crippen LogP contribution in [0.1, 0.15) is 258 Å². The van der Waals surface area contributed by atoms with Gasteiger partial charge in [0.1, 0.15) is 19.3 Å². The number of hydrogen-bond donors (Lipinski definition) is 2. The second-order valence-corrected chi connectivity index (χ2v) is 23.3. The number of phosphoric ester groups is 1. The molecule has 0 heterocycles. The molecule has 0 saturated heterocycles. The minimum Gasteiger partial charge on any atom is -0.456 e. The molecule has 0 aromatic carbocycles. The van der Waals surface area contributed by atoms with Gasteiger partial charge in [-0.2, -0.15) is 0 Å². The van der Waals surface area contributed by atoms with Gasteiger partial charge in [0.05, 0.1) is 33.8 Å². The molecule has 0 fully saturated rings. The molecule has 0 spiro atoms. The smallest absolute Gasteiger partial charge is 0.456 e. The average Bonchev–Trinajstić information content (AvgIpc) is 3.38. The monoisotopic (exact) mass is 1080 g/mol. The van der Waals surface area contributed by atoms with Crippen LogP contribution < -0.4 is 5.32 Å². The number of esters is 1. The molecule has 3 atom stereocenters. The zero-order valence-electron chi connectivity index (χ0n) is 50.0. The summed E-state index contributed by atoms with van der Waals surface area (Å²) in [6.07, 6.45) is 74.1. The Kier molecular flexibility index (Phi) is 53.0. The standard InChI is InChI=1S/C66H117N2O7P/c1-7-10-13-16-19-22-25-27-29-31-32-33-34-35-36-37-39-41-44-47-50-53-56-59-66(70)75-64(57-54-51-48-45-42-24-21-18-15-12-9-3)63(62-74-76(71,72)73-61-60-68(4,5)6)67-65(69)58-55-52-49-46-43-40-38-30-28-26-23-20-17-14-11-8-2/h11,14,19-20,22-23,27-30,32-33,40,43,54,57,63-64H,7-10,12-13,15-18,21,24-26,31,34-39,41-42,44-53,55-56,58-62H2,1-6H3,(H-,67,69,71,72)/p+1/b14-11+,22-19-,23-20+,29-27-,30-28+,33-32-,43-40+,57-54-. The molecule has 3 unspecified atom stereocenters. The van der Waals surface area contributed by atoms with Gasteiger partial charge in [-0.1, -0.05) is 234 Å². The van der Waals surface area contributed by atoms with E-state index in [1.54, 1.807) is 0 Å². The number of amides is 1. The number of phosphoric acid groups is 1. The second kappa shape index (κ2) is 55.3. The highest BCUT2D eigenvalue weighted by Gasteiger charge is 2.30. The lowest BCUT2D eigenvalue weighted by Crippen LogP contribution is -2.47. The largest absolute Gasteiger partial charge is 0.472 e. The van der Waals surface area contributed by atoms with Crippen LogP contribution in [0.2, 0.25) is 0 Å². The van der Waals surface area contributed by atoms with Gasteiger partial charge in [0.15, 0.2) is 0 Å². The third-order valence-electron chi connectivity index (χ3n) is 13.3. The number of unbranched alkanes of at least 4 members (excludes halogenated alkanes) is 25. The second-order valence-electron chi connectivity index (χ2n) is 21.8. The van der Waals surface area contributed by atoms with Crippen molar-refractivity contribution in [1.82, 2.24) is 5.32 Å². The Morgan fingerprint density at radius 1 is 0.474 bits per heavy atom. The van der Waals surface area contributed by atoms with Crippen molar-refractivity contribution in [2.24, 2.45) is 0 Å². The van der Waals surface area contributed by atoms with Crippen molar-refractivity contribution < 1.29 is 37.3 Å². The minimum absolute atomic E-state index is 0.0288. The zero-order valence-corrected chi connectivity index (χ0v) is 50.9. The van der Waals surface area contributed by atoms with Crippen LogP contribution in [0.15, 0.2) is 97.2 Å². The fourth-order valence-corrected chi connectivity index (χ4v) is 9.20. The van der Waals surface area contributed by atoms with Crippen molar-refractivity contribution >= 4 is 19.7 Å². The van der Waals surface area contributed by atoms with Crippen molar-refractivity contribution in [1.29, 1.82) is 0 Å². The summed E-state index contributed by atoms with van der Waals surface area (Å²) in [5, 5.41) is 3.03. The first-order valence-corrected chi connectivity index (χ1v) is 32.6.